The van der Waals surface area contributed by atoms with Crippen LogP contribution in [0.15, 0.2) is 11.4 Å². The molecule has 1 aromatic heterocycles. The van der Waals surface area contributed by atoms with Crippen molar-refractivity contribution < 1.29 is 23.1 Å². The molecule has 1 aromatic rings. The first-order valence-corrected chi connectivity index (χ1v) is 9.74. The lowest BCUT2D eigenvalue weighted by Crippen LogP contribution is -2.53. The van der Waals surface area contributed by atoms with E-state index in [1.807, 2.05) is 0 Å². The van der Waals surface area contributed by atoms with Crippen molar-refractivity contribution in [3.63, 3.8) is 0 Å². The van der Waals surface area contributed by atoms with Gasteiger partial charge in [-0.1, -0.05) is 11.8 Å². The maximum absolute atomic E-state index is 14.5. The molecule has 0 saturated carbocycles. The van der Waals surface area contributed by atoms with Crippen LogP contribution in [-0.2, 0) is 4.74 Å². The lowest BCUT2D eigenvalue weighted by molar-refractivity contribution is -0.106. The lowest BCUT2D eigenvalue weighted by Gasteiger charge is -2.38. The van der Waals surface area contributed by atoms with Gasteiger partial charge in [-0.2, -0.15) is 0 Å². The fourth-order valence-electron chi connectivity index (χ4n) is 2.64. The number of ether oxygens (including phenoxy) is 1. The van der Waals surface area contributed by atoms with Gasteiger partial charge in [-0.05, 0) is 33.4 Å². The van der Waals surface area contributed by atoms with Crippen LogP contribution in [0, 0.1) is 5.92 Å². The summed E-state index contributed by atoms with van der Waals surface area (Å²) in [6.07, 6.45) is 3.08. The molecule has 1 N–H and O–H groups in total. The number of piperidine rings is 1. The summed E-state index contributed by atoms with van der Waals surface area (Å²) in [5, 5.41) is 3.28. The zero-order chi connectivity index (χ0) is 20.2. The van der Waals surface area contributed by atoms with Gasteiger partial charge in [0.15, 0.2) is 11.4 Å². The number of aldehydes is 1. The average molecular weight is 402 g/mol. The quantitative estimate of drug-likeness (QED) is 0.459. The largest absolute Gasteiger partial charge is 0.444 e. The van der Waals surface area contributed by atoms with Gasteiger partial charge in [0.05, 0.1) is 12.1 Å². The molecule has 1 amide bonds. The van der Waals surface area contributed by atoms with E-state index in [1.54, 1.807) is 27.0 Å². The van der Waals surface area contributed by atoms with E-state index in [2.05, 4.69) is 15.3 Å². The Morgan fingerprint density at radius 1 is 1.52 bits per heavy atom. The highest BCUT2D eigenvalue weighted by Gasteiger charge is 2.46. The number of thioether (sulfide) groups is 1. The fourth-order valence-corrected chi connectivity index (χ4v) is 2.98. The number of amides is 1. The zero-order valence-electron chi connectivity index (χ0n) is 15.8. The number of aromatic nitrogens is 2. The Morgan fingerprint density at radius 2 is 2.22 bits per heavy atom. The number of nitrogens with one attached hydrogen (secondary N) is 1. The second-order valence-electron chi connectivity index (χ2n) is 7.31. The van der Waals surface area contributed by atoms with Gasteiger partial charge in [0.25, 0.3) is 5.92 Å². The Hall–Kier alpha value is -1.97. The van der Waals surface area contributed by atoms with E-state index in [1.165, 1.54) is 18.0 Å². The van der Waals surface area contributed by atoms with Crippen molar-refractivity contribution in [2.75, 3.05) is 31.2 Å². The van der Waals surface area contributed by atoms with E-state index in [0.29, 0.717) is 11.4 Å². The normalized spacial score (nSPS) is 19.5. The van der Waals surface area contributed by atoms with Crippen LogP contribution >= 0.6 is 11.8 Å². The number of hydrogen-bond donors (Lipinski definition) is 1. The molecule has 1 atom stereocenters. The second-order valence-corrected chi connectivity index (χ2v) is 8.08. The van der Waals surface area contributed by atoms with E-state index in [0.717, 1.165) is 4.90 Å². The van der Waals surface area contributed by atoms with Gasteiger partial charge < -0.3 is 15.0 Å². The van der Waals surface area contributed by atoms with Crippen molar-refractivity contribution in [1.29, 1.82) is 0 Å². The molecule has 1 fully saturated rings. The highest BCUT2D eigenvalue weighted by molar-refractivity contribution is 7.98. The minimum atomic E-state index is -3.08. The summed E-state index contributed by atoms with van der Waals surface area (Å²) in [6, 6.07) is 0. The number of halogens is 2. The van der Waals surface area contributed by atoms with Crippen LogP contribution in [-0.4, -0.2) is 64.7 Å². The molecule has 0 bridgehead atoms. The van der Waals surface area contributed by atoms with E-state index < -0.39 is 30.1 Å². The number of carbonyl (C=O) groups excluding carboxylic acids is 2. The van der Waals surface area contributed by atoms with Gasteiger partial charge in [0.1, 0.15) is 11.4 Å². The Labute approximate surface area is 161 Å². The molecule has 2 rings (SSSR count). The van der Waals surface area contributed by atoms with E-state index in [-0.39, 0.29) is 30.9 Å². The maximum Gasteiger partial charge on any atom is 0.410 e. The third kappa shape index (κ3) is 5.75. The summed E-state index contributed by atoms with van der Waals surface area (Å²) in [5.41, 5.74) is -0.528. The van der Waals surface area contributed by atoms with Crippen molar-refractivity contribution in [2.24, 2.45) is 5.92 Å². The smallest absolute Gasteiger partial charge is 0.410 e. The van der Waals surface area contributed by atoms with Gasteiger partial charge in [0.2, 0.25) is 0 Å². The van der Waals surface area contributed by atoms with Gasteiger partial charge in [-0.15, -0.1) is 0 Å². The number of rotatable bonds is 5. The predicted molar refractivity (Wildman–Crippen MR) is 98.6 cm³/mol. The third-order valence-electron chi connectivity index (χ3n) is 4.02. The molecule has 7 nitrogen and oxygen atoms in total. The van der Waals surface area contributed by atoms with Gasteiger partial charge >= 0.3 is 6.09 Å². The Kier molecular flexibility index (Phi) is 6.61. The molecule has 0 radical (unpaired) electrons. The number of anilines is 1. The lowest BCUT2D eigenvalue weighted by atomic mass is 9.93. The third-order valence-corrected chi connectivity index (χ3v) is 4.58. The molecule has 150 valence electrons. The number of likely N-dealkylation sites (tertiary alicyclic amines) is 1. The molecule has 1 unspecified atom stereocenters. The van der Waals surface area contributed by atoms with Crippen molar-refractivity contribution in [3.8, 4) is 0 Å². The Morgan fingerprint density at radius 3 is 2.78 bits per heavy atom. The van der Waals surface area contributed by atoms with Crippen LogP contribution in [0.25, 0.3) is 0 Å². The minimum Gasteiger partial charge on any atom is -0.444 e. The van der Waals surface area contributed by atoms with Gasteiger partial charge in [0, 0.05) is 25.2 Å². The number of hydrogen-bond acceptors (Lipinski definition) is 7. The molecule has 10 heteroatoms. The number of carbonyl (C=O) groups is 2. The van der Waals surface area contributed by atoms with E-state index in [4.69, 9.17) is 4.74 Å². The zero-order valence-corrected chi connectivity index (χ0v) is 16.6. The van der Waals surface area contributed by atoms with Crippen LogP contribution in [0.2, 0.25) is 0 Å². The average Bonchev–Trinajstić information content (AvgIpc) is 2.58. The van der Waals surface area contributed by atoms with Gasteiger partial charge in [-0.25, -0.2) is 23.5 Å². The van der Waals surface area contributed by atoms with Crippen molar-refractivity contribution in [1.82, 2.24) is 14.9 Å². The molecule has 1 aliphatic heterocycles. The number of nitrogens with zero attached hydrogens (tertiary/aromatic N) is 3. The summed E-state index contributed by atoms with van der Waals surface area (Å²) in [7, 11) is 0. The summed E-state index contributed by atoms with van der Waals surface area (Å²) in [4.78, 5) is 32.3. The summed E-state index contributed by atoms with van der Waals surface area (Å²) in [5.74, 6) is -3.85. The van der Waals surface area contributed by atoms with Crippen molar-refractivity contribution in [2.45, 2.75) is 43.9 Å². The predicted octanol–water partition coefficient (Wildman–Crippen LogP) is 3.32. The Balaban J connectivity index is 2.01. The molecule has 0 aliphatic carbocycles. The minimum absolute atomic E-state index is 0.0686. The van der Waals surface area contributed by atoms with Crippen LogP contribution in [0.1, 0.15) is 37.6 Å². The molecule has 1 saturated heterocycles. The summed E-state index contributed by atoms with van der Waals surface area (Å²) >= 11 is 1.29. The standard InChI is InChI=1S/C17H24F2N4O3S/c1-16(2,3)26-15(25)23-6-5-12(17(18,19)10-23)8-20-13-11(9-24)7-21-14(22-13)27-4/h7,9,12H,5-6,8,10H2,1-4H3,(H,20,21,22). The monoisotopic (exact) mass is 402 g/mol. The first-order chi connectivity index (χ1) is 12.6. The van der Waals surface area contributed by atoms with Gasteiger partial charge in [-0.3, -0.25) is 4.79 Å². The van der Waals surface area contributed by atoms with Crippen LogP contribution in [0.4, 0.5) is 19.4 Å². The molecular formula is C17H24F2N4O3S. The molecule has 27 heavy (non-hydrogen) atoms. The van der Waals surface area contributed by atoms with Crippen molar-refractivity contribution >= 4 is 30.0 Å². The highest BCUT2D eigenvalue weighted by Crippen LogP contribution is 2.34. The molecule has 0 aromatic carbocycles. The summed E-state index contributed by atoms with van der Waals surface area (Å²) < 4.78 is 34.3. The molecule has 1 aliphatic rings. The van der Waals surface area contributed by atoms with E-state index in [9.17, 15) is 18.4 Å². The second kappa shape index (κ2) is 8.37. The fraction of sp³-hybridized carbons (Fsp3) is 0.647. The summed E-state index contributed by atoms with van der Waals surface area (Å²) in [6.45, 7) is 4.48. The van der Waals surface area contributed by atoms with E-state index >= 15 is 0 Å². The van der Waals surface area contributed by atoms with Crippen LogP contribution < -0.4 is 5.32 Å². The van der Waals surface area contributed by atoms with Crippen molar-refractivity contribution in [3.05, 3.63) is 11.8 Å². The topological polar surface area (TPSA) is 84.4 Å². The SMILES string of the molecule is CSc1ncc(C=O)c(NCC2CCN(C(=O)OC(C)(C)C)CC2(F)F)n1. The molecule has 2 heterocycles. The van der Waals surface area contributed by atoms with Crippen LogP contribution in [0.3, 0.4) is 0 Å². The molecular weight excluding hydrogens is 378 g/mol. The molecule has 0 spiro atoms. The first kappa shape index (κ1) is 21.3. The Bertz CT molecular complexity index is 697. The van der Waals surface area contributed by atoms with Crippen LogP contribution in [0.5, 0.6) is 0 Å². The maximum atomic E-state index is 14.5. The number of alkyl halides is 2. The highest BCUT2D eigenvalue weighted by atomic mass is 32.2. The first-order valence-electron chi connectivity index (χ1n) is 8.51.